The summed E-state index contributed by atoms with van der Waals surface area (Å²) in [6.45, 7) is 4.11. The van der Waals surface area contributed by atoms with Crippen molar-refractivity contribution in [3.8, 4) is 11.1 Å². The van der Waals surface area contributed by atoms with Gasteiger partial charge in [-0.25, -0.2) is 0 Å². The standard InChI is InChI=1S/C29H21BrN2/c1-18-16-21(30)17-19(2)26(18)29(32-31)28-24-14-8-6-12-22(24)27(20-10-4-3-5-11-20)23-13-7-9-15-25(23)28/h3-17H,1-2H3. The highest BCUT2D eigenvalue weighted by atomic mass is 79.9. The van der Waals surface area contributed by atoms with Gasteiger partial charge in [0.2, 0.25) is 0 Å². The van der Waals surface area contributed by atoms with Crippen molar-refractivity contribution in [1.29, 1.82) is 0 Å². The van der Waals surface area contributed by atoms with E-state index in [4.69, 9.17) is 0 Å². The first-order valence-corrected chi connectivity index (χ1v) is 11.4. The summed E-state index contributed by atoms with van der Waals surface area (Å²) in [7, 11) is 0. The van der Waals surface area contributed by atoms with Crippen LogP contribution in [-0.4, -0.2) is 10.5 Å². The van der Waals surface area contributed by atoms with Crippen molar-refractivity contribution in [2.75, 3.05) is 0 Å². The Bertz CT molecular complexity index is 1460. The minimum absolute atomic E-state index is 0.597. The van der Waals surface area contributed by atoms with Crippen LogP contribution in [0.15, 0.2) is 95.5 Å². The normalized spacial score (nSPS) is 11.0. The zero-order valence-corrected chi connectivity index (χ0v) is 19.5. The lowest BCUT2D eigenvalue weighted by atomic mass is 9.84. The van der Waals surface area contributed by atoms with Crippen molar-refractivity contribution >= 4 is 43.2 Å². The third-order valence-electron chi connectivity index (χ3n) is 6.07. The monoisotopic (exact) mass is 476 g/mol. The van der Waals surface area contributed by atoms with Gasteiger partial charge in [0.1, 0.15) is 0 Å². The Kier molecular flexibility index (Phi) is 5.22. The zero-order chi connectivity index (χ0) is 22.2. The van der Waals surface area contributed by atoms with Crippen molar-refractivity contribution in [3.63, 3.8) is 0 Å². The molecule has 0 aliphatic heterocycles. The van der Waals surface area contributed by atoms with E-state index in [9.17, 15) is 5.53 Å². The minimum atomic E-state index is 0.597. The fourth-order valence-corrected chi connectivity index (χ4v) is 5.50. The second-order valence-corrected chi connectivity index (χ2v) is 8.99. The summed E-state index contributed by atoms with van der Waals surface area (Å²) in [6.07, 6.45) is 0. The quantitative estimate of drug-likeness (QED) is 0.109. The van der Waals surface area contributed by atoms with Crippen molar-refractivity contribution < 1.29 is 4.79 Å². The number of rotatable bonds is 3. The van der Waals surface area contributed by atoms with Crippen LogP contribution in [0.5, 0.6) is 0 Å². The van der Waals surface area contributed by atoms with Gasteiger partial charge in [-0.1, -0.05) is 94.8 Å². The van der Waals surface area contributed by atoms with E-state index in [2.05, 4.69) is 107 Å². The van der Waals surface area contributed by atoms with Gasteiger partial charge in [-0.15, -0.1) is 0 Å². The molecule has 32 heavy (non-hydrogen) atoms. The fraction of sp³-hybridized carbons (Fsp3) is 0.0690. The summed E-state index contributed by atoms with van der Waals surface area (Å²) >= 11 is 3.59. The van der Waals surface area contributed by atoms with Gasteiger partial charge in [0.25, 0.3) is 0 Å². The predicted molar refractivity (Wildman–Crippen MR) is 137 cm³/mol. The molecule has 0 spiro atoms. The Hall–Kier alpha value is -3.52. The number of nitrogens with zero attached hydrogens (tertiary/aromatic N) is 2. The molecule has 0 bridgehead atoms. The summed E-state index contributed by atoms with van der Waals surface area (Å²) in [5.41, 5.74) is 17.3. The molecule has 0 aromatic heterocycles. The summed E-state index contributed by atoms with van der Waals surface area (Å²) < 4.78 is 1.02. The molecule has 5 aromatic carbocycles. The van der Waals surface area contributed by atoms with E-state index in [-0.39, 0.29) is 0 Å². The van der Waals surface area contributed by atoms with Gasteiger partial charge in [-0.3, -0.25) is 0 Å². The lowest BCUT2D eigenvalue weighted by Crippen LogP contribution is -2.11. The molecule has 0 unspecified atom stereocenters. The molecule has 0 N–H and O–H groups in total. The number of hydrogen-bond donors (Lipinski definition) is 0. The molecule has 0 saturated carbocycles. The van der Waals surface area contributed by atoms with Gasteiger partial charge in [0, 0.05) is 4.47 Å². The van der Waals surface area contributed by atoms with Crippen molar-refractivity contribution in [3.05, 3.63) is 123 Å². The van der Waals surface area contributed by atoms with E-state index < -0.39 is 0 Å². The first kappa shape index (κ1) is 20.4. The van der Waals surface area contributed by atoms with Gasteiger partial charge in [-0.2, -0.15) is 4.79 Å². The maximum Gasteiger partial charge on any atom is 0.331 e. The van der Waals surface area contributed by atoms with Crippen LogP contribution >= 0.6 is 15.9 Å². The van der Waals surface area contributed by atoms with Crippen LogP contribution in [0.25, 0.3) is 38.2 Å². The predicted octanol–water partition coefficient (Wildman–Crippen LogP) is 8.11. The van der Waals surface area contributed by atoms with Gasteiger partial charge in [0.05, 0.1) is 11.1 Å². The number of benzene rings is 5. The van der Waals surface area contributed by atoms with Crippen LogP contribution in [0.1, 0.15) is 22.3 Å². The van der Waals surface area contributed by atoms with E-state index in [0.29, 0.717) is 5.71 Å². The minimum Gasteiger partial charge on any atom is -0.361 e. The van der Waals surface area contributed by atoms with Gasteiger partial charge < -0.3 is 5.53 Å². The van der Waals surface area contributed by atoms with E-state index in [1.807, 2.05) is 18.2 Å². The van der Waals surface area contributed by atoms with Crippen LogP contribution < -0.4 is 0 Å². The molecule has 2 nitrogen and oxygen atoms in total. The highest BCUT2D eigenvalue weighted by Crippen LogP contribution is 2.40. The molecule has 5 rings (SSSR count). The lowest BCUT2D eigenvalue weighted by molar-refractivity contribution is -0.00264. The second kappa shape index (κ2) is 8.20. The molecule has 0 radical (unpaired) electrons. The van der Waals surface area contributed by atoms with Crippen molar-refractivity contribution in [1.82, 2.24) is 0 Å². The molecule has 0 amide bonds. The molecule has 3 heteroatoms. The van der Waals surface area contributed by atoms with E-state index in [1.54, 1.807) is 0 Å². The van der Waals surface area contributed by atoms with E-state index in [1.165, 1.54) is 11.1 Å². The maximum atomic E-state index is 10.3. The van der Waals surface area contributed by atoms with E-state index in [0.717, 1.165) is 48.3 Å². The second-order valence-electron chi connectivity index (χ2n) is 8.07. The highest BCUT2D eigenvalue weighted by Gasteiger charge is 2.27. The van der Waals surface area contributed by atoms with Crippen LogP contribution in [0.3, 0.4) is 0 Å². The number of fused-ring (bicyclic) bond motifs is 2. The molecule has 0 atom stereocenters. The highest BCUT2D eigenvalue weighted by molar-refractivity contribution is 9.10. The molecule has 0 saturated heterocycles. The van der Waals surface area contributed by atoms with Gasteiger partial charge >= 0.3 is 5.71 Å². The van der Waals surface area contributed by atoms with Crippen molar-refractivity contribution in [2.24, 2.45) is 0 Å². The molecule has 5 aromatic rings. The van der Waals surface area contributed by atoms with Crippen molar-refractivity contribution in [2.45, 2.75) is 13.8 Å². The van der Waals surface area contributed by atoms with Crippen LogP contribution in [0.4, 0.5) is 0 Å². The Labute approximate surface area is 195 Å². The lowest BCUT2D eigenvalue weighted by Gasteiger charge is -2.16. The van der Waals surface area contributed by atoms with Crippen LogP contribution in [0.2, 0.25) is 0 Å². The first-order chi connectivity index (χ1) is 15.6. The average Bonchev–Trinajstić information content (AvgIpc) is 2.80. The van der Waals surface area contributed by atoms with Gasteiger partial charge in [0.15, 0.2) is 0 Å². The molecule has 0 heterocycles. The SMILES string of the molecule is Cc1cc(Br)cc(C)c1C(=[N+]=[N-])c1c2ccccc2c(-c2ccccc2)c2ccccc12. The Morgan fingerprint density at radius 2 is 1.12 bits per heavy atom. The summed E-state index contributed by atoms with van der Waals surface area (Å²) in [5, 5.41) is 4.42. The average molecular weight is 477 g/mol. The van der Waals surface area contributed by atoms with Gasteiger partial charge in [-0.05, 0) is 69.8 Å². The number of hydrogen-bond acceptors (Lipinski definition) is 0. The Morgan fingerprint density at radius 3 is 1.62 bits per heavy atom. The molecular weight excluding hydrogens is 456 g/mol. The molecule has 0 aliphatic rings. The maximum absolute atomic E-state index is 10.3. The van der Waals surface area contributed by atoms with Crippen LogP contribution in [0, 0.1) is 13.8 Å². The molecule has 154 valence electrons. The summed E-state index contributed by atoms with van der Waals surface area (Å²) in [5.74, 6) is 0. The number of aryl methyl sites for hydroxylation is 2. The smallest absolute Gasteiger partial charge is 0.331 e. The molecule has 0 aliphatic carbocycles. The zero-order valence-electron chi connectivity index (χ0n) is 17.9. The van der Waals surface area contributed by atoms with Crippen LogP contribution in [-0.2, 0) is 0 Å². The third kappa shape index (κ3) is 3.27. The topological polar surface area (TPSA) is 36.4 Å². The largest absolute Gasteiger partial charge is 0.361 e. The first-order valence-electron chi connectivity index (χ1n) is 10.6. The number of halogens is 1. The fourth-order valence-electron chi connectivity index (χ4n) is 4.81. The summed E-state index contributed by atoms with van der Waals surface area (Å²) in [6, 6.07) is 31.4. The summed E-state index contributed by atoms with van der Waals surface area (Å²) in [4.78, 5) is 3.88. The molecule has 0 fully saturated rings. The Morgan fingerprint density at radius 1 is 0.656 bits per heavy atom. The third-order valence-corrected chi connectivity index (χ3v) is 6.52. The molecular formula is C29H21BrN2. The Balaban J connectivity index is 1.97. The van der Waals surface area contributed by atoms with E-state index >= 15 is 0 Å².